The van der Waals surface area contributed by atoms with E-state index < -0.39 is 0 Å². The molecule has 0 aliphatic rings. The second-order valence-corrected chi connectivity index (χ2v) is 4.29. The van der Waals surface area contributed by atoms with E-state index in [0.29, 0.717) is 11.3 Å². The van der Waals surface area contributed by atoms with Gasteiger partial charge in [-0.25, -0.2) is 0 Å². The van der Waals surface area contributed by atoms with Crippen LogP contribution in [0.4, 0.5) is 11.4 Å². The molecule has 0 radical (unpaired) electrons. The summed E-state index contributed by atoms with van der Waals surface area (Å²) in [4.78, 5) is 12.1. The van der Waals surface area contributed by atoms with Gasteiger partial charge in [-0.3, -0.25) is 4.79 Å². The Morgan fingerprint density at radius 2 is 1.68 bits per heavy atom. The summed E-state index contributed by atoms with van der Waals surface area (Å²) in [6.07, 6.45) is 0. The van der Waals surface area contributed by atoms with Crippen LogP contribution in [0.1, 0.15) is 15.9 Å². The van der Waals surface area contributed by atoms with Gasteiger partial charge in [-0.2, -0.15) is 0 Å². The standard InChI is InChI=1S/C14H15N2O2P/c17-9-10-5-7-11(8-6-10)14(18)15-12-3-1-2-4-13(12)16-19/h1-8,16-17H,9,19H2,(H,15,18). The number of anilines is 2. The molecule has 3 N–H and O–H groups in total. The molecule has 19 heavy (non-hydrogen) atoms. The first kappa shape index (κ1) is 13.5. The smallest absolute Gasteiger partial charge is 0.255 e. The van der Waals surface area contributed by atoms with Crippen LogP contribution in [0.2, 0.25) is 0 Å². The third kappa shape index (κ3) is 3.31. The van der Waals surface area contributed by atoms with E-state index in [2.05, 4.69) is 19.8 Å². The Morgan fingerprint density at radius 3 is 2.26 bits per heavy atom. The van der Waals surface area contributed by atoms with Crippen LogP contribution in [0.25, 0.3) is 0 Å². The lowest BCUT2D eigenvalue weighted by molar-refractivity contribution is 0.102. The molecule has 2 rings (SSSR count). The van der Waals surface area contributed by atoms with Crippen molar-refractivity contribution in [3.05, 3.63) is 59.7 Å². The van der Waals surface area contributed by atoms with Gasteiger partial charge in [0.05, 0.1) is 18.0 Å². The topological polar surface area (TPSA) is 61.4 Å². The number of nitrogens with one attached hydrogen (secondary N) is 2. The van der Waals surface area contributed by atoms with Gasteiger partial charge in [-0.1, -0.05) is 24.3 Å². The zero-order valence-corrected chi connectivity index (χ0v) is 11.4. The quantitative estimate of drug-likeness (QED) is 0.751. The number of aliphatic hydroxyl groups excluding tert-OH is 1. The van der Waals surface area contributed by atoms with Crippen molar-refractivity contribution in [1.82, 2.24) is 0 Å². The molecule has 0 heterocycles. The molecule has 1 unspecified atom stereocenters. The number of hydrogen-bond acceptors (Lipinski definition) is 3. The van der Waals surface area contributed by atoms with E-state index in [1.165, 1.54) is 0 Å². The highest BCUT2D eigenvalue weighted by atomic mass is 31.0. The van der Waals surface area contributed by atoms with Gasteiger partial charge in [0.25, 0.3) is 5.91 Å². The minimum Gasteiger partial charge on any atom is -0.392 e. The van der Waals surface area contributed by atoms with E-state index in [-0.39, 0.29) is 12.5 Å². The van der Waals surface area contributed by atoms with Crippen LogP contribution >= 0.6 is 9.39 Å². The average molecular weight is 274 g/mol. The van der Waals surface area contributed by atoms with E-state index in [1.54, 1.807) is 24.3 Å². The van der Waals surface area contributed by atoms with Crippen molar-refractivity contribution in [3.8, 4) is 0 Å². The molecule has 2 aromatic rings. The summed E-state index contributed by atoms with van der Waals surface area (Å²) in [5.74, 6) is -0.183. The summed E-state index contributed by atoms with van der Waals surface area (Å²) in [6, 6.07) is 14.3. The number of amides is 1. The molecule has 0 aromatic heterocycles. The monoisotopic (exact) mass is 274 g/mol. The maximum absolute atomic E-state index is 12.1. The highest BCUT2D eigenvalue weighted by Crippen LogP contribution is 2.22. The molecule has 0 saturated heterocycles. The van der Waals surface area contributed by atoms with Crippen molar-refractivity contribution >= 4 is 26.7 Å². The Hall–Kier alpha value is -1.90. The molecule has 0 aliphatic heterocycles. The third-order valence-electron chi connectivity index (χ3n) is 2.73. The Morgan fingerprint density at radius 1 is 1.05 bits per heavy atom. The van der Waals surface area contributed by atoms with E-state index in [4.69, 9.17) is 5.11 Å². The molecule has 0 fully saturated rings. The van der Waals surface area contributed by atoms with Crippen molar-refractivity contribution in [3.63, 3.8) is 0 Å². The van der Waals surface area contributed by atoms with Crippen LogP contribution in [0.15, 0.2) is 48.5 Å². The third-order valence-corrected chi connectivity index (χ3v) is 3.04. The number of benzene rings is 2. The predicted molar refractivity (Wildman–Crippen MR) is 80.1 cm³/mol. The average Bonchev–Trinajstić information content (AvgIpc) is 2.48. The van der Waals surface area contributed by atoms with Gasteiger partial charge in [-0.05, 0) is 39.2 Å². The Balaban J connectivity index is 2.16. The first-order valence-electron chi connectivity index (χ1n) is 5.81. The second kappa shape index (κ2) is 6.32. The number of para-hydroxylation sites is 2. The first-order chi connectivity index (χ1) is 9.24. The minimum absolute atomic E-state index is 0.0261. The van der Waals surface area contributed by atoms with Gasteiger partial charge in [0.1, 0.15) is 0 Å². The maximum Gasteiger partial charge on any atom is 0.255 e. The molecule has 0 bridgehead atoms. The lowest BCUT2D eigenvalue weighted by Gasteiger charge is -2.10. The van der Waals surface area contributed by atoms with Gasteiger partial charge in [0, 0.05) is 5.56 Å². The molecule has 98 valence electrons. The molecule has 0 saturated carbocycles. The van der Waals surface area contributed by atoms with Crippen LogP contribution in [-0.2, 0) is 6.61 Å². The molecule has 0 spiro atoms. The Kier molecular flexibility index (Phi) is 4.50. The normalized spacial score (nSPS) is 10.0. The molecule has 2 aromatic carbocycles. The van der Waals surface area contributed by atoms with Crippen molar-refractivity contribution in [2.24, 2.45) is 0 Å². The summed E-state index contributed by atoms with van der Waals surface area (Å²) in [5.41, 5.74) is 2.88. The van der Waals surface area contributed by atoms with Crippen LogP contribution < -0.4 is 10.4 Å². The van der Waals surface area contributed by atoms with E-state index in [0.717, 1.165) is 11.3 Å². The summed E-state index contributed by atoms with van der Waals surface area (Å²) in [7, 11) is 2.40. The fraction of sp³-hybridized carbons (Fsp3) is 0.0714. The van der Waals surface area contributed by atoms with Crippen LogP contribution in [0, 0.1) is 0 Å². The number of aliphatic hydroxyl groups is 1. The van der Waals surface area contributed by atoms with Crippen LogP contribution in [-0.4, -0.2) is 11.0 Å². The highest BCUT2D eigenvalue weighted by Gasteiger charge is 2.08. The molecular formula is C14H15N2O2P. The zero-order valence-electron chi connectivity index (χ0n) is 10.3. The lowest BCUT2D eigenvalue weighted by Crippen LogP contribution is -2.12. The van der Waals surface area contributed by atoms with Crippen molar-refractivity contribution in [2.45, 2.75) is 6.61 Å². The van der Waals surface area contributed by atoms with Gasteiger partial charge in [-0.15, -0.1) is 0 Å². The fourth-order valence-electron chi connectivity index (χ4n) is 1.67. The fourth-order valence-corrected chi connectivity index (χ4v) is 1.93. The van der Waals surface area contributed by atoms with Crippen LogP contribution in [0.3, 0.4) is 0 Å². The summed E-state index contributed by atoms with van der Waals surface area (Å²) < 4.78 is 0. The highest BCUT2D eigenvalue weighted by molar-refractivity contribution is 7.18. The molecule has 0 aliphatic carbocycles. The van der Waals surface area contributed by atoms with Gasteiger partial charge in [0.15, 0.2) is 0 Å². The lowest BCUT2D eigenvalue weighted by atomic mass is 10.1. The summed E-state index contributed by atoms with van der Waals surface area (Å²) >= 11 is 0. The van der Waals surface area contributed by atoms with Gasteiger partial charge in [0.2, 0.25) is 0 Å². The largest absolute Gasteiger partial charge is 0.392 e. The SMILES string of the molecule is O=C(Nc1ccccc1NP)c1ccc(CO)cc1. The number of hydrogen-bond donors (Lipinski definition) is 3. The van der Waals surface area contributed by atoms with Crippen molar-refractivity contribution in [2.75, 3.05) is 10.4 Å². The minimum atomic E-state index is -0.183. The zero-order chi connectivity index (χ0) is 13.7. The van der Waals surface area contributed by atoms with Gasteiger partial charge >= 0.3 is 0 Å². The number of carbonyl (C=O) groups is 1. The molecular weight excluding hydrogens is 259 g/mol. The number of rotatable bonds is 4. The van der Waals surface area contributed by atoms with Crippen LogP contribution in [0.5, 0.6) is 0 Å². The molecule has 1 atom stereocenters. The van der Waals surface area contributed by atoms with Crippen molar-refractivity contribution < 1.29 is 9.90 Å². The van der Waals surface area contributed by atoms with E-state index in [1.807, 2.05) is 24.3 Å². The summed E-state index contributed by atoms with van der Waals surface area (Å²) in [6.45, 7) is -0.0261. The summed E-state index contributed by atoms with van der Waals surface area (Å²) in [5, 5.41) is 14.7. The maximum atomic E-state index is 12.1. The number of carbonyl (C=O) groups excluding carboxylic acids is 1. The first-order valence-corrected chi connectivity index (χ1v) is 6.39. The predicted octanol–water partition coefficient (Wildman–Crippen LogP) is 2.63. The van der Waals surface area contributed by atoms with E-state index >= 15 is 0 Å². The Bertz CT molecular complexity index is 570. The second-order valence-electron chi connectivity index (χ2n) is 4.00. The Labute approximate surface area is 114 Å². The molecule has 5 heteroatoms. The van der Waals surface area contributed by atoms with Crippen molar-refractivity contribution in [1.29, 1.82) is 0 Å². The van der Waals surface area contributed by atoms with Gasteiger partial charge < -0.3 is 15.5 Å². The molecule has 1 amide bonds. The molecule has 4 nitrogen and oxygen atoms in total. The van der Waals surface area contributed by atoms with E-state index in [9.17, 15) is 4.79 Å².